The molecule has 7 heteroatoms. The fourth-order valence-electron chi connectivity index (χ4n) is 2.06. The number of likely N-dealkylation sites (N-methyl/N-ethyl adjacent to an activating group) is 1. The van der Waals surface area contributed by atoms with Crippen molar-refractivity contribution in [3.8, 4) is 0 Å². The molecule has 1 aliphatic heterocycles. The average molecular weight is 253 g/mol. The van der Waals surface area contributed by atoms with Crippen LogP contribution in [0.4, 0.5) is 0 Å². The summed E-state index contributed by atoms with van der Waals surface area (Å²) in [6, 6.07) is -0.166. The first kappa shape index (κ1) is 13.0. The van der Waals surface area contributed by atoms with Crippen LogP contribution in [0.25, 0.3) is 0 Å². The molecule has 0 saturated carbocycles. The van der Waals surface area contributed by atoms with Gasteiger partial charge in [0.1, 0.15) is 6.04 Å². The van der Waals surface area contributed by atoms with Gasteiger partial charge in [0, 0.05) is 33.7 Å². The third kappa shape index (κ3) is 2.85. The average Bonchev–Trinajstić information content (AvgIpc) is 2.74. The van der Waals surface area contributed by atoms with E-state index in [1.165, 1.54) is 0 Å². The first-order chi connectivity index (χ1) is 8.58. The summed E-state index contributed by atoms with van der Waals surface area (Å²) in [5, 5.41) is 7.00. The summed E-state index contributed by atoms with van der Waals surface area (Å²) < 4.78 is 5.11. The Labute approximate surface area is 106 Å². The number of aryl methyl sites for hydroxylation is 1. The minimum atomic E-state index is -0.166. The van der Waals surface area contributed by atoms with Gasteiger partial charge in [0.15, 0.2) is 5.82 Å². The van der Waals surface area contributed by atoms with Gasteiger partial charge < -0.3 is 14.7 Å². The molecule has 1 aliphatic rings. The molecule has 2 rings (SSSR count). The molecule has 18 heavy (non-hydrogen) atoms. The molecule has 0 spiro atoms. The SMILES string of the molecule is Cc1noc(CN2CCNCC2C(=O)N(C)C)n1. The third-order valence-corrected chi connectivity index (χ3v) is 2.99. The first-order valence-corrected chi connectivity index (χ1v) is 6.03. The van der Waals surface area contributed by atoms with Crippen molar-refractivity contribution in [1.29, 1.82) is 0 Å². The van der Waals surface area contributed by atoms with E-state index in [4.69, 9.17) is 4.52 Å². The fraction of sp³-hybridized carbons (Fsp3) is 0.727. The normalized spacial score (nSPS) is 20.9. The Morgan fingerprint density at radius 3 is 3.00 bits per heavy atom. The van der Waals surface area contributed by atoms with Gasteiger partial charge in [-0.3, -0.25) is 9.69 Å². The van der Waals surface area contributed by atoms with Gasteiger partial charge in [0.2, 0.25) is 11.8 Å². The molecule has 2 heterocycles. The van der Waals surface area contributed by atoms with E-state index in [9.17, 15) is 4.79 Å². The molecule has 1 unspecified atom stereocenters. The lowest BCUT2D eigenvalue weighted by atomic mass is 10.1. The van der Waals surface area contributed by atoms with E-state index in [1.807, 2.05) is 0 Å². The van der Waals surface area contributed by atoms with Crippen LogP contribution in [0.2, 0.25) is 0 Å². The number of aromatic nitrogens is 2. The van der Waals surface area contributed by atoms with Crippen molar-refractivity contribution in [2.75, 3.05) is 33.7 Å². The van der Waals surface area contributed by atoms with Gasteiger partial charge in [-0.2, -0.15) is 4.98 Å². The maximum absolute atomic E-state index is 12.1. The number of carbonyl (C=O) groups excluding carboxylic acids is 1. The number of nitrogens with one attached hydrogen (secondary N) is 1. The molecule has 0 radical (unpaired) electrons. The van der Waals surface area contributed by atoms with E-state index in [1.54, 1.807) is 25.9 Å². The van der Waals surface area contributed by atoms with Crippen LogP contribution in [0.15, 0.2) is 4.52 Å². The molecule has 100 valence electrons. The summed E-state index contributed by atoms with van der Waals surface area (Å²) in [5.74, 6) is 1.28. The highest BCUT2D eigenvalue weighted by Gasteiger charge is 2.30. The van der Waals surface area contributed by atoms with Gasteiger partial charge in [-0.05, 0) is 6.92 Å². The molecule has 1 aromatic rings. The molecule has 1 atom stereocenters. The lowest BCUT2D eigenvalue weighted by molar-refractivity contribution is -0.135. The maximum atomic E-state index is 12.1. The highest BCUT2D eigenvalue weighted by atomic mass is 16.5. The largest absolute Gasteiger partial charge is 0.347 e. The monoisotopic (exact) mass is 253 g/mol. The predicted molar refractivity (Wildman–Crippen MR) is 64.8 cm³/mol. The number of nitrogens with zero attached hydrogens (tertiary/aromatic N) is 4. The molecule has 7 nitrogen and oxygen atoms in total. The van der Waals surface area contributed by atoms with Crippen LogP contribution in [-0.4, -0.2) is 65.6 Å². The number of hydrogen-bond acceptors (Lipinski definition) is 6. The van der Waals surface area contributed by atoms with Gasteiger partial charge in [-0.25, -0.2) is 0 Å². The summed E-state index contributed by atoms with van der Waals surface area (Å²) >= 11 is 0. The second-order valence-corrected chi connectivity index (χ2v) is 4.66. The van der Waals surface area contributed by atoms with Crippen LogP contribution < -0.4 is 5.32 Å². The van der Waals surface area contributed by atoms with Crippen LogP contribution >= 0.6 is 0 Å². The molecule has 1 N–H and O–H groups in total. The summed E-state index contributed by atoms with van der Waals surface area (Å²) in [5.41, 5.74) is 0. The standard InChI is InChI=1S/C11H19N5O2/c1-8-13-10(18-14-8)7-16-5-4-12-6-9(16)11(17)15(2)3/h9,12H,4-7H2,1-3H3. The molecule has 1 amide bonds. The van der Waals surface area contributed by atoms with E-state index >= 15 is 0 Å². The van der Waals surface area contributed by atoms with E-state index in [0.717, 1.165) is 13.1 Å². The number of carbonyl (C=O) groups is 1. The lowest BCUT2D eigenvalue weighted by Gasteiger charge is -2.35. The zero-order valence-corrected chi connectivity index (χ0v) is 11.0. The van der Waals surface area contributed by atoms with Crippen molar-refractivity contribution in [1.82, 2.24) is 25.3 Å². The summed E-state index contributed by atoms with van der Waals surface area (Å²) in [6.07, 6.45) is 0. The van der Waals surface area contributed by atoms with Crippen molar-refractivity contribution < 1.29 is 9.32 Å². The fourth-order valence-corrected chi connectivity index (χ4v) is 2.06. The Balaban J connectivity index is 2.06. The third-order valence-electron chi connectivity index (χ3n) is 2.99. The second kappa shape index (κ2) is 5.45. The van der Waals surface area contributed by atoms with E-state index in [0.29, 0.717) is 24.8 Å². The van der Waals surface area contributed by atoms with Gasteiger partial charge in [0.05, 0.1) is 6.54 Å². The van der Waals surface area contributed by atoms with Crippen molar-refractivity contribution in [2.24, 2.45) is 0 Å². The second-order valence-electron chi connectivity index (χ2n) is 4.66. The zero-order valence-electron chi connectivity index (χ0n) is 11.0. The molecule has 1 aromatic heterocycles. The summed E-state index contributed by atoms with van der Waals surface area (Å²) in [6.45, 7) is 4.63. The van der Waals surface area contributed by atoms with Crippen molar-refractivity contribution in [2.45, 2.75) is 19.5 Å². The van der Waals surface area contributed by atoms with Gasteiger partial charge in [0.25, 0.3) is 0 Å². The van der Waals surface area contributed by atoms with Crippen LogP contribution in [0.3, 0.4) is 0 Å². The number of hydrogen-bond donors (Lipinski definition) is 1. The zero-order chi connectivity index (χ0) is 13.1. The van der Waals surface area contributed by atoms with E-state index in [2.05, 4.69) is 20.4 Å². The molecular weight excluding hydrogens is 234 g/mol. The predicted octanol–water partition coefficient (Wildman–Crippen LogP) is -0.760. The molecule has 0 aromatic carbocycles. The van der Waals surface area contributed by atoms with Crippen molar-refractivity contribution in [3.63, 3.8) is 0 Å². The Morgan fingerprint density at radius 1 is 1.61 bits per heavy atom. The minimum absolute atomic E-state index is 0.0958. The van der Waals surface area contributed by atoms with Gasteiger partial charge in [-0.1, -0.05) is 5.16 Å². The molecule has 1 fully saturated rings. The maximum Gasteiger partial charge on any atom is 0.240 e. The van der Waals surface area contributed by atoms with Crippen LogP contribution in [0, 0.1) is 6.92 Å². The van der Waals surface area contributed by atoms with Crippen LogP contribution in [-0.2, 0) is 11.3 Å². The van der Waals surface area contributed by atoms with Crippen LogP contribution in [0.1, 0.15) is 11.7 Å². The van der Waals surface area contributed by atoms with Gasteiger partial charge >= 0.3 is 0 Å². The molecule has 0 bridgehead atoms. The number of amides is 1. The highest BCUT2D eigenvalue weighted by molar-refractivity contribution is 5.81. The Morgan fingerprint density at radius 2 is 2.39 bits per heavy atom. The number of rotatable bonds is 3. The topological polar surface area (TPSA) is 74.5 Å². The summed E-state index contributed by atoms with van der Waals surface area (Å²) in [7, 11) is 3.54. The quantitative estimate of drug-likeness (QED) is 0.763. The lowest BCUT2D eigenvalue weighted by Crippen LogP contribution is -2.57. The van der Waals surface area contributed by atoms with E-state index in [-0.39, 0.29) is 11.9 Å². The highest BCUT2D eigenvalue weighted by Crippen LogP contribution is 2.10. The van der Waals surface area contributed by atoms with Crippen molar-refractivity contribution >= 4 is 5.91 Å². The Bertz CT molecular complexity index is 417. The molecule has 0 aliphatic carbocycles. The smallest absolute Gasteiger partial charge is 0.240 e. The van der Waals surface area contributed by atoms with Gasteiger partial charge in [-0.15, -0.1) is 0 Å². The summed E-state index contributed by atoms with van der Waals surface area (Å²) in [4.78, 5) is 19.9. The Hall–Kier alpha value is -1.47. The Kier molecular flexibility index (Phi) is 3.93. The van der Waals surface area contributed by atoms with Crippen LogP contribution in [0.5, 0.6) is 0 Å². The molecule has 1 saturated heterocycles. The molecular formula is C11H19N5O2. The van der Waals surface area contributed by atoms with E-state index < -0.39 is 0 Å². The van der Waals surface area contributed by atoms with Crippen molar-refractivity contribution in [3.05, 3.63) is 11.7 Å². The number of piperazine rings is 1. The first-order valence-electron chi connectivity index (χ1n) is 6.03. The minimum Gasteiger partial charge on any atom is -0.347 e.